The van der Waals surface area contributed by atoms with Crippen molar-refractivity contribution in [2.45, 2.75) is 51.2 Å². The third kappa shape index (κ3) is 3.63. The summed E-state index contributed by atoms with van der Waals surface area (Å²) in [5.41, 5.74) is 8.82. The summed E-state index contributed by atoms with van der Waals surface area (Å²) in [7, 11) is 0. The summed E-state index contributed by atoms with van der Waals surface area (Å²) < 4.78 is 0. The van der Waals surface area contributed by atoms with Crippen molar-refractivity contribution in [1.82, 2.24) is 4.98 Å². The number of thiophene rings is 1. The Bertz CT molecular complexity index is 563. The van der Waals surface area contributed by atoms with E-state index in [9.17, 15) is 0 Å². The molecule has 4 heteroatoms. The summed E-state index contributed by atoms with van der Waals surface area (Å²) in [6.07, 6.45) is 6.37. The third-order valence-corrected chi connectivity index (χ3v) is 4.80. The van der Waals surface area contributed by atoms with Crippen LogP contribution in [0.3, 0.4) is 0 Å². The smallest absolute Gasteiger partial charge is 0.132 e. The zero-order chi connectivity index (χ0) is 14.7. The molecule has 3 nitrogen and oxygen atoms in total. The van der Waals surface area contributed by atoms with Gasteiger partial charge in [-0.05, 0) is 59.7 Å². The molecule has 21 heavy (non-hydrogen) atoms. The lowest BCUT2D eigenvalue weighted by Crippen LogP contribution is -2.29. The van der Waals surface area contributed by atoms with E-state index in [1.165, 1.54) is 24.0 Å². The highest BCUT2D eigenvalue weighted by molar-refractivity contribution is 7.07. The minimum absolute atomic E-state index is 0.218. The number of hydrogen-bond donors (Lipinski definition) is 1. The van der Waals surface area contributed by atoms with Gasteiger partial charge >= 0.3 is 0 Å². The molecule has 0 aromatic carbocycles. The average molecular weight is 301 g/mol. The van der Waals surface area contributed by atoms with E-state index < -0.39 is 0 Å². The molecule has 1 aliphatic rings. The number of nitrogens with zero attached hydrogens (tertiary/aromatic N) is 2. The number of rotatable bonds is 7. The van der Waals surface area contributed by atoms with Crippen molar-refractivity contribution >= 4 is 17.2 Å². The van der Waals surface area contributed by atoms with Crippen molar-refractivity contribution in [2.24, 2.45) is 5.73 Å². The van der Waals surface area contributed by atoms with Crippen LogP contribution in [-0.2, 0) is 13.0 Å². The predicted molar refractivity (Wildman–Crippen MR) is 89.7 cm³/mol. The van der Waals surface area contributed by atoms with Crippen molar-refractivity contribution in [3.8, 4) is 0 Å². The van der Waals surface area contributed by atoms with Crippen LogP contribution in [0.25, 0.3) is 0 Å². The fourth-order valence-corrected chi connectivity index (χ4v) is 3.28. The lowest BCUT2D eigenvalue weighted by molar-refractivity contribution is 0.640. The molecule has 0 amide bonds. The van der Waals surface area contributed by atoms with Gasteiger partial charge in [-0.15, -0.1) is 0 Å². The summed E-state index contributed by atoms with van der Waals surface area (Å²) in [4.78, 5) is 7.15. The number of aromatic nitrogens is 1. The van der Waals surface area contributed by atoms with Crippen LogP contribution in [0.4, 0.5) is 5.82 Å². The van der Waals surface area contributed by atoms with Crippen LogP contribution in [0, 0.1) is 0 Å². The van der Waals surface area contributed by atoms with Crippen molar-refractivity contribution < 1.29 is 0 Å². The van der Waals surface area contributed by atoms with Gasteiger partial charge in [-0.3, -0.25) is 0 Å². The van der Waals surface area contributed by atoms with E-state index in [-0.39, 0.29) is 6.04 Å². The summed E-state index contributed by atoms with van der Waals surface area (Å²) in [6.45, 7) is 3.10. The largest absolute Gasteiger partial charge is 0.349 e. The van der Waals surface area contributed by atoms with Gasteiger partial charge in [0.25, 0.3) is 0 Å². The zero-order valence-corrected chi connectivity index (χ0v) is 13.4. The monoisotopic (exact) mass is 301 g/mol. The second-order valence-electron chi connectivity index (χ2n) is 5.85. The van der Waals surface area contributed by atoms with Crippen molar-refractivity contribution in [1.29, 1.82) is 0 Å². The Kier molecular flexibility index (Phi) is 4.56. The molecule has 1 atom stereocenters. The predicted octanol–water partition coefficient (Wildman–Crippen LogP) is 3.59. The Morgan fingerprint density at radius 1 is 1.43 bits per heavy atom. The average Bonchev–Trinajstić information content (AvgIpc) is 3.22. The van der Waals surface area contributed by atoms with Gasteiger partial charge < -0.3 is 10.6 Å². The first-order chi connectivity index (χ1) is 10.3. The second-order valence-corrected chi connectivity index (χ2v) is 6.63. The van der Waals surface area contributed by atoms with Crippen LogP contribution >= 0.6 is 11.3 Å². The summed E-state index contributed by atoms with van der Waals surface area (Å²) in [5, 5.41) is 4.38. The van der Waals surface area contributed by atoms with Crippen LogP contribution < -0.4 is 10.6 Å². The van der Waals surface area contributed by atoms with Gasteiger partial charge in [-0.2, -0.15) is 11.3 Å². The number of pyridine rings is 1. The molecule has 0 radical (unpaired) electrons. The van der Waals surface area contributed by atoms with E-state index in [2.05, 4.69) is 39.7 Å². The molecule has 112 valence electrons. The van der Waals surface area contributed by atoms with E-state index in [4.69, 9.17) is 5.73 Å². The van der Waals surface area contributed by atoms with Gasteiger partial charge in [-0.25, -0.2) is 4.98 Å². The molecule has 2 heterocycles. The molecule has 1 aliphatic carbocycles. The number of hydrogen-bond acceptors (Lipinski definition) is 4. The summed E-state index contributed by atoms with van der Waals surface area (Å²) in [6, 6.07) is 7.28. The van der Waals surface area contributed by atoms with Gasteiger partial charge in [0.2, 0.25) is 0 Å². The fourth-order valence-electron chi connectivity index (χ4n) is 2.62. The fraction of sp³-hybridized carbons (Fsp3) is 0.471. The molecular weight excluding hydrogens is 278 g/mol. The van der Waals surface area contributed by atoms with E-state index >= 15 is 0 Å². The SMILES string of the molecule is CCC(N)Cc1cccnc1N(Cc1ccsc1)C1CC1. The Morgan fingerprint density at radius 2 is 2.29 bits per heavy atom. The van der Waals surface area contributed by atoms with Gasteiger partial charge in [0.05, 0.1) is 0 Å². The van der Waals surface area contributed by atoms with E-state index in [0.717, 1.165) is 25.2 Å². The highest BCUT2D eigenvalue weighted by Gasteiger charge is 2.31. The molecule has 2 N–H and O–H groups in total. The first-order valence-corrected chi connectivity index (χ1v) is 8.69. The van der Waals surface area contributed by atoms with Crippen LogP contribution in [0.5, 0.6) is 0 Å². The first kappa shape index (κ1) is 14.5. The van der Waals surface area contributed by atoms with Gasteiger partial charge in [0, 0.05) is 24.8 Å². The molecule has 3 rings (SSSR count). The van der Waals surface area contributed by atoms with Gasteiger partial charge in [-0.1, -0.05) is 13.0 Å². The molecule has 0 aliphatic heterocycles. The van der Waals surface area contributed by atoms with Crippen LogP contribution in [0.2, 0.25) is 0 Å². The Hall–Kier alpha value is -1.39. The standard InChI is InChI=1S/C17H23N3S/c1-2-15(18)10-14-4-3-8-19-17(14)20(16-5-6-16)11-13-7-9-21-12-13/h3-4,7-9,12,15-16H,2,5-6,10-11,18H2,1H3. The topological polar surface area (TPSA) is 42.1 Å². The normalized spacial score (nSPS) is 15.9. The Morgan fingerprint density at radius 3 is 2.95 bits per heavy atom. The Labute approximate surface area is 130 Å². The molecule has 0 spiro atoms. The lowest BCUT2D eigenvalue weighted by Gasteiger charge is -2.26. The van der Waals surface area contributed by atoms with Gasteiger partial charge in [0.15, 0.2) is 0 Å². The first-order valence-electron chi connectivity index (χ1n) is 7.75. The van der Waals surface area contributed by atoms with Crippen LogP contribution in [0.1, 0.15) is 37.3 Å². The number of nitrogens with two attached hydrogens (primary N) is 1. The molecule has 0 bridgehead atoms. The third-order valence-electron chi connectivity index (χ3n) is 4.07. The molecule has 1 unspecified atom stereocenters. The second kappa shape index (κ2) is 6.58. The zero-order valence-electron chi connectivity index (χ0n) is 12.5. The van der Waals surface area contributed by atoms with Crippen LogP contribution in [-0.4, -0.2) is 17.1 Å². The highest BCUT2D eigenvalue weighted by atomic mass is 32.1. The van der Waals surface area contributed by atoms with E-state index in [0.29, 0.717) is 6.04 Å². The van der Waals surface area contributed by atoms with E-state index in [1.807, 2.05) is 12.3 Å². The Balaban J connectivity index is 1.85. The highest BCUT2D eigenvalue weighted by Crippen LogP contribution is 2.34. The maximum Gasteiger partial charge on any atom is 0.132 e. The maximum absolute atomic E-state index is 6.16. The minimum Gasteiger partial charge on any atom is -0.349 e. The molecule has 1 saturated carbocycles. The quantitative estimate of drug-likeness (QED) is 0.849. The summed E-state index contributed by atoms with van der Waals surface area (Å²) >= 11 is 1.76. The molecule has 2 aromatic heterocycles. The molecule has 1 fully saturated rings. The van der Waals surface area contributed by atoms with Gasteiger partial charge in [0.1, 0.15) is 5.82 Å². The number of anilines is 1. The molecule has 2 aromatic rings. The molecule has 0 saturated heterocycles. The maximum atomic E-state index is 6.16. The van der Waals surface area contributed by atoms with Crippen molar-refractivity contribution in [2.75, 3.05) is 4.90 Å². The van der Waals surface area contributed by atoms with Crippen LogP contribution in [0.15, 0.2) is 35.2 Å². The minimum atomic E-state index is 0.218. The molecular formula is C17H23N3S. The lowest BCUT2D eigenvalue weighted by atomic mass is 10.0. The van der Waals surface area contributed by atoms with Crippen molar-refractivity contribution in [3.63, 3.8) is 0 Å². The summed E-state index contributed by atoms with van der Waals surface area (Å²) in [5.74, 6) is 1.13. The van der Waals surface area contributed by atoms with E-state index in [1.54, 1.807) is 11.3 Å². The van der Waals surface area contributed by atoms with Crippen molar-refractivity contribution in [3.05, 3.63) is 46.3 Å².